The van der Waals surface area contributed by atoms with Crippen LogP contribution in [-0.2, 0) is 4.74 Å². The molecule has 2 heterocycles. The lowest BCUT2D eigenvalue weighted by Crippen LogP contribution is -2.50. The quantitative estimate of drug-likeness (QED) is 0.896. The van der Waals surface area contributed by atoms with Gasteiger partial charge in [0.25, 0.3) is 0 Å². The number of aromatic carboxylic acids is 1. The Kier molecular flexibility index (Phi) is 3.32. The van der Waals surface area contributed by atoms with Crippen molar-refractivity contribution < 1.29 is 14.6 Å². The predicted molar refractivity (Wildman–Crippen MR) is 82.0 cm³/mol. The summed E-state index contributed by atoms with van der Waals surface area (Å²) in [5, 5.41) is 12.7. The Morgan fingerprint density at radius 2 is 2.19 bits per heavy atom. The maximum atomic E-state index is 11.2. The monoisotopic (exact) mass is 290 g/mol. The molecule has 2 aliphatic rings. The molecule has 0 bridgehead atoms. The number of nitrogens with zero attached hydrogens (tertiary/aromatic N) is 1. The highest BCUT2D eigenvalue weighted by Gasteiger charge is 2.39. The van der Waals surface area contributed by atoms with Gasteiger partial charge in [0, 0.05) is 18.6 Å². The molecule has 0 aromatic heterocycles. The fraction of sp³-hybridized carbons (Fsp3) is 0.562. The summed E-state index contributed by atoms with van der Waals surface area (Å²) in [4.78, 5) is 13.5. The normalized spacial score (nSPS) is 24.2. The summed E-state index contributed by atoms with van der Waals surface area (Å²) in [6.45, 7) is 8.18. The van der Waals surface area contributed by atoms with E-state index in [9.17, 15) is 9.90 Å². The number of anilines is 2. The number of ether oxygens (including phenoxy) is 1. The van der Waals surface area contributed by atoms with Crippen molar-refractivity contribution in [3.05, 3.63) is 23.8 Å². The number of carboxylic acid groups (broad SMARTS) is 1. The van der Waals surface area contributed by atoms with Gasteiger partial charge in [-0.15, -0.1) is 0 Å². The highest BCUT2D eigenvalue weighted by atomic mass is 16.5. The molecule has 0 amide bonds. The first-order valence-electron chi connectivity index (χ1n) is 7.38. The fourth-order valence-corrected chi connectivity index (χ4v) is 2.92. The number of fused-ring (bicyclic) bond motifs is 1. The summed E-state index contributed by atoms with van der Waals surface area (Å²) in [5.41, 5.74) is 2.32. The van der Waals surface area contributed by atoms with Crippen LogP contribution in [0.1, 0.15) is 37.6 Å². The first-order chi connectivity index (χ1) is 9.86. The van der Waals surface area contributed by atoms with E-state index in [4.69, 9.17) is 4.74 Å². The van der Waals surface area contributed by atoms with Gasteiger partial charge >= 0.3 is 5.97 Å². The molecule has 5 heteroatoms. The van der Waals surface area contributed by atoms with E-state index in [0.29, 0.717) is 5.56 Å². The molecule has 0 radical (unpaired) electrons. The maximum Gasteiger partial charge on any atom is 0.335 e. The van der Waals surface area contributed by atoms with Gasteiger partial charge in [-0.1, -0.05) is 20.8 Å². The van der Waals surface area contributed by atoms with Gasteiger partial charge in [0.2, 0.25) is 0 Å². The van der Waals surface area contributed by atoms with Crippen molar-refractivity contribution in [2.24, 2.45) is 5.41 Å². The number of carbonyl (C=O) groups is 1. The van der Waals surface area contributed by atoms with E-state index in [1.54, 1.807) is 12.1 Å². The third-order valence-electron chi connectivity index (χ3n) is 4.17. The summed E-state index contributed by atoms with van der Waals surface area (Å²) in [6, 6.07) is 5.27. The van der Waals surface area contributed by atoms with Crippen molar-refractivity contribution in [1.29, 1.82) is 0 Å². The van der Waals surface area contributed by atoms with Gasteiger partial charge in [-0.05, 0) is 24.6 Å². The number of rotatable bonds is 3. The number of hydrogen-bond donors (Lipinski definition) is 2. The minimum atomic E-state index is -0.892. The first kappa shape index (κ1) is 14.2. The van der Waals surface area contributed by atoms with E-state index < -0.39 is 5.97 Å². The Bertz CT molecular complexity index is 561. The third-order valence-corrected chi connectivity index (χ3v) is 4.17. The molecule has 21 heavy (non-hydrogen) atoms. The van der Waals surface area contributed by atoms with Crippen LogP contribution >= 0.6 is 0 Å². The molecule has 0 spiro atoms. The molecule has 1 aromatic carbocycles. The molecule has 1 saturated heterocycles. The molecule has 114 valence electrons. The van der Waals surface area contributed by atoms with Crippen LogP contribution in [-0.4, -0.2) is 36.5 Å². The molecule has 0 saturated carbocycles. The Balaban J connectivity index is 1.95. The molecule has 1 fully saturated rings. The molecule has 3 rings (SSSR count). The van der Waals surface area contributed by atoms with Crippen LogP contribution in [0.4, 0.5) is 11.4 Å². The zero-order chi connectivity index (χ0) is 15.2. The predicted octanol–water partition coefficient (Wildman–Crippen LogP) is 2.78. The van der Waals surface area contributed by atoms with Gasteiger partial charge in [-0.3, -0.25) is 0 Å². The summed E-state index contributed by atoms with van der Waals surface area (Å²) >= 11 is 0. The van der Waals surface area contributed by atoms with E-state index in [-0.39, 0.29) is 17.7 Å². The lowest BCUT2D eigenvalue weighted by molar-refractivity contribution is -0.0457. The Labute approximate surface area is 124 Å². The smallest absolute Gasteiger partial charge is 0.335 e. The van der Waals surface area contributed by atoms with Crippen LogP contribution in [0, 0.1) is 5.41 Å². The lowest BCUT2D eigenvalue weighted by atomic mass is 9.91. The summed E-state index contributed by atoms with van der Waals surface area (Å²) in [7, 11) is 0. The van der Waals surface area contributed by atoms with Crippen molar-refractivity contribution in [3.8, 4) is 0 Å². The number of carboxylic acids is 1. The number of benzene rings is 1. The lowest BCUT2D eigenvalue weighted by Gasteiger charge is -2.40. The minimum Gasteiger partial charge on any atom is -0.478 e. The minimum absolute atomic E-state index is 0.0339. The van der Waals surface area contributed by atoms with E-state index in [1.807, 2.05) is 6.07 Å². The summed E-state index contributed by atoms with van der Waals surface area (Å²) < 4.78 is 5.56. The average molecular weight is 290 g/mol. The van der Waals surface area contributed by atoms with E-state index in [0.717, 1.165) is 30.9 Å². The molecule has 1 unspecified atom stereocenters. The van der Waals surface area contributed by atoms with E-state index >= 15 is 0 Å². The van der Waals surface area contributed by atoms with Crippen LogP contribution in [0.15, 0.2) is 18.2 Å². The molecule has 2 N–H and O–H groups in total. The Hall–Kier alpha value is -1.75. The zero-order valence-corrected chi connectivity index (χ0v) is 12.7. The van der Waals surface area contributed by atoms with Gasteiger partial charge in [-0.25, -0.2) is 4.79 Å². The van der Waals surface area contributed by atoms with E-state index in [1.165, 1.54) is 0 Å². The molecule has 5 nitrogen and oxygen atoms in total. The van der Waals surface area contributed by atoms with Gasteiger partial charge in [-0.2, -0.15) is 0 Å². The largest absolute Gasteiger partial charge is 0.478 e. The summed E-state index contributed by atoms with van der Waals surface area (Å²) in [5.74, 6) is -0.892. The van der Waals surface area contributed by atoms with Crippen LogP contribution in [0.5, 0.6) is 0 Å². The molecular weight excluding hydrogens is 268 g/mol. The number of hydrogen-bond acceptors (Lipinski definition) is 4. The molecular formula is C16H22N2O3. The average Bonchev–Trinajstić information content (AvgIpc) is 2.71. The van der Waals surface area contributed by atoms with Gasteiger partial charge in [0.1, 0.15) is 6.17 Å². The molecule has 1 aromatic rings. The van der Waals surface area contributed by atoms with Crippen molar-refractivity contribution in [1.82, 2.24) is 0 Å². The van der Waals surface area contributed by atoms with Crippen LogP contribution in [0.25, 0.3) is 0 Å². The standard InChI is InChI=1S/C16H22N2O3/c1-16(2,3)15-17-12-5-4-10(14(19)20)8-13(12)18(15)9-11-6-7-21-11/h4-5,8,11,15,17H,6-7,9H2,1-3H3,(H,19,20)/t11-,15?/m0/s1. The van der Waals surface area contributed by atoms with Gasteiger partial charge < -0.3 is 20.1 Å². The Morgan fingerprint density at radius 1 is 1.48 bits per heavy atom. The van der Waals surface area contributed by atoms with Crippen LogP contribution in [0.2, 0.25) is 0 Å². The topological polar surface area (TPSA) is 61.8 Å². The highest BCUT2D eigenvalue weighted by molar-refractivity contribution is 5.92. The first-order valence-corrected chi connectivity index (χ1v) is 7.38. The molecule has 2 atom stereocenters. The van der Waals surface area contributed by atoms with Crippen molar-refractivity contribution in [3.63, 3.8) is 0 Å². The van der Waals surface area contributed by atoms with Gasteiger partial charge in [0.05, 0.1) is 23.0 Å². The van der Waals surface area contributed by atoms with Crippen LogP contribution < -0.4 is 10.2 Å². The van der Waals surface area contributed by atoms with E-state index in [2.05, 4.69) is 31.0 Å². The van der Waals surface area contributed by atoms with Crippen molar-refractivity contribution in [2.45, 2.75) is 39.5 Å². The highest BCUT2D eigenvalue weighted by Crippen LogP contribution is 2.41. The van der Waals surface area contributed by atoms with Crippen LogP contribution in [0.3, 0.4) is 0 Å². The number of nitrogens with one attached hydrogen (secondary N) is 1. The fourth-order valence-electron chi connectivity index (χ4n) is 2.92. The SMILES string of the molecule is CC(C)(C)C1Nc2ccc(C(=O)O)cc2N1C[C@@H]1CCO1. The molecule has 2 aliphatic heterocycles. The second-order valence-corrected chi connectivity index (χ2v) is 6.88. The molecule has 0 aliphatic carbocycles. The Morgan fingerprint density at radius 3 is 2.71 bits per heavy atom. The van der Waals surface area contributed by atoms with Crippen molar-refractivity contribution in [2.75, 3.05) is 23.4 Å². The summed E-state index contributed by atoms with van der Waals surface area (Å²) in [6.07, 6.45) is 1.46. The van der Waals surface area contributed by atoms with Crippen molar-refractivity contribution >= 4 is 17.3 Å². The third kappa shape index (κ3) is 2.58. The second-order valence-electron chi connectivity index (χ2n) is 6.88. The zero-order valence-electron chi connectivity index (χ0n) is 12.7. The van der Waals surface area contributed by atoms with Gasteiger partial charge in [0.15, 0.2) is 0 Å². The maximum absolute atomic E-state index is 11.2. The second kappa shape index (κ2) is 4.91.